The maximum absolute atomic E-state index is 12.1. The third-order valence-electron chi connectivity index (χ3n) is 3.73. The van der Waals surface area contributed by atoms with Gasteiger partial charge in [-0.15, -0.1) is 0 Å². The minimum atomic E-state index is -0.0684. The van der Waals surface area contributed by atoms with Gasteiger partial charge in [0.1, 0.15) is 0 Å². The molecule has 3 nitrogen and oxygen atoms in total. The van der Waals surface area contributed by atoms with Gasteiger partial charge in [0.2, 0.25) is 5.91 Å². The maximum atomic E-state index is 12.1. The van der Waals surface area contributed by atoms with Gasteiger partial charge in [-0.3, -0.25) is 4.79 Å². The van der Waals surface area contributed by atoms with E-state index in [0.717, 1.165) is 25.9 Å². The lowest BCUT2D eigenvalue weighted by Gasteiger charge is -2.25. The Balaban J connectivity index is 1.76. The third-order valence-corrected chi connectivity index (χ3v) is 3.73. The van der Waals surface area contributed by atoms with Gasteiger partial charge in [-0.05, 0) is 24.0 Å². The zero-order valence-corrected chi connectivity index (χ0v) is 11.7. The number of fused-ring (bicyclic) bond motifs is 1. The zero-order valence-electron chi connectivity index (χ0n) is 11.7. The second-order valence-electron chi connectivity index (χ2n) is 5.26. The summed E-state index contributed by atoms with van der Waals surface area (Å²) >= 11 is 0. The van der Waals surface area contributed by atoms with Gasteiger partial charge in [0.05, 0.1) is 6.04 Å². The van der Waals surface area contributed by atoms with E-state index in [1.165, 1.54) is 30.4 Å². The van der Waals surface area contributed by atoms with Crippen LogP contribution in [0.3, 0.4) is 0 Å². The summed E-state index contributed by atoms with van der Waals surface area (Å²) in [5, 5.41) is 6.36. The number of amides is 1. The van der Waals surface area contributed by atoms with Crippen LogP contribution in [0.2, 0.25) is 0 Å². The van der Waals surface area contributed by atoms with E-state index in [4.69, 9.17) is 0 Å². The first kappa shape index (κ1) is 14.1. The van der Waals surface area contributed by atoms with Crippen LogP contribution in [-0.4, -0.2) is 18.5 Å². The van der Waals surface area contributed by atoms with Crippen LogP contribution in [0, 0.1) is 0 Å². The molecule has 19 heavy (non-hydrogen) atoms. The molecular weight excluding hydrogens is 236 g/mol. The smallest absolute Gasteiger partial charge is 0.237 e. The number of hydrogen-bond donors (Lipinski definition) is 2. The molecule has 1 aromatic rings. The molecule has 104 valence electrons. The van der Waals surface area contributed by atoms with Gasteiger partial charge in [0.15, 0.2) is 0 Å². The van der Waals surface area contributed by atoms with Crippen LogP contribution in [0.25, 0.3) is 0 Å². The molecule has 0 aliphatic carbocycles. The zero-order chi connectivity index (χ0) is 13.5. The average molecular weight is 260 g/mol. The molecule has 2 rings (SSSR count). The number of nitrogens with one attached hydrogen (secondary N) is 2. The lowest BCUT2D eigenvalue weighted by Crippen LogP contribution is -2.47. The first-order valence-corrected chi connectivity index (χ1v) is 7.39. The highest BCUT2D eigenvalue weighted by Gasteiger charge is 2.23. The molecule has 0 radical (unpaired) electrons. The highest BCUT2D eigenvalue weighted by molar-refractivity contribution is 5.82. The topological polar surface area (TPSA) is 41.1 Å². The summed E-state index contributed by atoms with van der Waals surface area (Å²) < 4.78 is 0. The van der Waals surface area contributed by atoms with E-state index < -0.39 is 0 Å². The Morgan fingerprint density at radius 3 is 2.84 bits per heavy atom. The summed E-state index contributed by atoms with van der Waals surface area (Å²) in [6.45, 7) is 3.80. The van der Waals surface area contributed by atoms with Crippen molar-refractivity contribution in [2.75, 3.05) is 6.54 Å². The van der Waals surface area contributed by atoms with E-state index in [1.807, 2.05) is 6.07 Å². The molecule has 1 heterocycles. The van der Waals surface area contributed by atoms with Gasteiger partial charge in [-0.2, -0.15) is 0 Å². The van der Waals surface area contributed by atoms with Gasteiger partial charge in [0, 0.05) is 13.1 Å². The highest BCUT2D eigenvalue weighted by atomic mass is 16.2. The van der Waals surface area contributed by atoms with Gasteiger partial charge >= 0.3 is 0 Å². The molecule has 0 fully saturated rings. The number of carbonyl (C=O) groups is 1. The van der Waals surface area contributed by atoms with Crippen LogP contribution < -0.4 is 10.6 Å². The van der Waals surface area contributed by atoms with E-state index in [9.17, 15) is 4.79 Å². The SMILES string of the molecule is CCCCCCNC(=O)C1Cc2ccccc2CN1. The Morgan fingerprint density at radius 1 is 1.26 bits per heavy atom. The summed E-state index contributed by atoms with van der Waals surface area (Å²) in [4.78, 5) is 12.1. The van der Waals surface area contributed by atoms with Crippen LogP contribution in [0.15, 0.2) is 24.3 Å². The molecule has 0 aromatic heterocycles. The normalized spacial score (nSPS) is 17.8. The van der Waals surface area contributed by atoms with Crippen LogP contribution in [0.1, 0.15) is 43.7 Å². The molecule has 0 saturated heterocycles. The van der Waals surface area contributed by atoms with Crippen molar-refractivity contribution in [1.29, 1.82) is 0 Å². The molecule has 1 unspecified atom stereocenters. The fourth-order valence-corrected chi connectivity index (χ4v) is 2.53. The van der Waals surface area contributed by atoms with Crippen molar-refractivity contribution in [2.24, 2.45) is 0 Å². The molecule has 2 N–H and O–H groups in total. The van der Waals surface area contributed by atoms with Crippen molar-refractivity contribution in [1.82, 2.24) is 10.6 Å². The van der Waals surface area contributed by atoms with Gasteiger partial charge in [0.25, 0.3) is 0 Å². The Kier molecular flexibility index (Phi) is 5.40. The number of unbranched alkanes of at least 4 members (excludes halogenated alkanes) is 3. The first-order chi connectivity index (χ1) is 9.31. The number of hydrogen-bond acceptors (Lipinski definition) is 2. The molecule has 1 atom stereocenters. The monoisotopic (exact) mass is 260 g/mol. The number of carbonyl (C=O) groups excluding carboxylic acids is 1. The molecule has 1 aliphatic heterocycles. The van der Waals surface area contributed by atoms with Crippen molar-refractivity contribution >= 4 is 5.91 Å². The standard InChI is InChI=1S/C16H24N2O/c1-2-3-4-7-10-17-16(19)15-11-13-8-5-6-9-14(13)12-18-15/h5-6,8-9,15,18H,2-4,7,10-12H2,1H3,(H,17,19). The predicted molar refractivity (Wildman–Crippen MR) is 77.9 cm³/mol. The van der Waals surface area contributed by atoms with E-state index >= 15 is 0 Å². The lowest BCUT2D eigenvalue weighted by molar-refractivity contribution is -0.123. The Bertz CT molecular complexity index is 417. The summed E-state index contributed by atoms with van der Waals surface area (Å²) in [5.74, 6) is 0.144. The van der Waals surface area contributed by atoms with E-state index in [0.29, 0.717) is 0 Å². The molecule has 1 aromatic carbocycles. The largest absolute Gasteiger partial charge is 0.355 e. The molecule has 3 heteroatoms. The molecule has 0 spiro atoms. The molecule has 1 amide bonds. The van der Waals surface area contributed by atoms with Crippen LogP contribution in [0.4, 0.5) is 0 Å². The molecule has 1 aliphatic rings. The summed E-state index contributed by atoms with van der Waals surface area (Å²) in [7, 11) is 0. The minimum Gasteiger partial charge on any atom is -0.355 e. The quantitative estimate of drug-likeness (QED) is 0.771. The second-order valence-corrected chi connectivity index (χ2v) is 5.26. The fraction of sp³-hybridized carbons (Fsp3) is 0.562. The Labute approximate surface area is 115 Å². The Morgan fingerprint density at radius 2 is 2.05 bits per heavy atom. The van der Waals surface area contributed by atoms with Gasteiger partial charge < -0.3 is 10.6 Å². The minimum absolute atomic E-state index is 0.0684. The van der Waals surface area contributed by atoms with Crippen molar-refractivity contribution in [3.05, 3.63) is 35.4 Å². The van der Waals surface area contributed by atoms with E-state index in [-0.39, 0.29) is 11.9 Å². The van der Waals surface area contributed by atoms with Crippen molar-refractivity contribution in [3.8, 4) is 0 Å². The third kappa shape index (κ3) is 4.06. The molecular formula is C16H24N2O. The van der Waals surface area contributed by atoms with Crippen LogP contribution in [0.5, 0.6) is 0 Å². The Hall–Kier alpha value is -1.35. The second kappa shape index (κ2) is 7.29. The summed E-state index contributed by atoms with van der Waals surface area (Å²) in [6.07, 6.45) is 5.58. The van der Waals surface area contributed by atoms with Gasteiger partial charge in [-0.1, -0.05) is 50.5 Å². The summed E-state index contributed by atoms with van der Waals surface area (Å²) in [5.41, 5.74) is 2.61. The van der Waals surface area contributed by atoms with Crippen LogP contribution >= 0.6 is 0 Å². The van der Waals surface area contributed by atoms with Gasteiger partial charge in [-0.25, -0.2) is 0 Å². The molecule has 0 saturated carbocycles. The maximum Gasteiger partial charge on any atom is 0.237 e. The van der Waals surface area contributed by atoms with E-state index in [2.05, 4.69) is 35.8 Å². The first-order valence-electron chi connectivity index (χ1n) is 7.39. The highest BCUT2D eigenvalue weighted by Crippen LogP contribution is 2.16. The fourth-order valence-electron chi connectivity index (χ4n) is 2.53. The number of benzene rings is 1. The van der Waals surface area contributed by atoms with Crippen LogP contribution in [-0.2, 0) is 17.8 Å². The molecule has 0 bridgehead atoms. The lowest BCUT2D eigenvalue weighted by atomic mass is 9.95. The number of rotatable bonds is 6. The van der Waals surface area contributed by atoms with Crippen molar-refractivity contribution in [3.63, 3.8) is 0 Å². The average Bonchev–Trinajstić information content (AvgIpc) is 2.46. The van der Waals surface area contributed by atoms with Crippen molar-refractivity contribution in [2.45, 2.75) is 51.6 Å². The van der Waals surface area contributed by atoms with E-state index in [1.54, 1.807) is 0 Å². The summed E-state index contributed by atoms with van der Waals surface area (Å²) in [6, 6.07) is 8.28. The predicted octanol–water partition coefficient (Wildman–Crippen LogP) is 2.40. The van der Waals surface area contributed by atoms with Crippen molar-refractivity contribution < 1.29 is 4.79 Å².